The van der Waals surface area contributed by atoms with E-state index in [0.29, 0.717) is 56.1 Å². The highest BCUT2D eigenvalue weighted by Crippen LogP contribution is 2.33. The zero-order valence-electron chi connectivity index (χ0n) is 19.1. The molecule has 2 aliphatic heterocycles. The van der Waals surface area contributed by atoms with E-state index in [-0.39, 0.29) is 36.4 Å². The molecule has 2 heterocycles. The first-order valence-corrected chi connectivity index (χ1v) is 11.8. The summed E-state index contributed by atoms with van der Waals surface area (Å²) < 4.78 is 15.7. The van der Waals surface area contributed by atoms with Gasteiger partial charge in [-0.15, -0.1) is 0 Å². The average molecular weight is 460 g/mol. The van der Waals surface area contributed by atoms with Gasteiger partial charge < -0.3 is 29.7 Å². The lowest BCUT2D eigenvalue weighted by molar-refractivity contribution is -0.132. The second kappa shape index (κ2) is 10.9. The first-order valence-electron chi connectivity index (χ1n) is 11.8. The van der Waals surface area contributed by atoms with Crippen LogP contribution in [0, 0.1) is 11.8 Å². The average Bonchev–Trinajstić information content (AvgIpc) is 3.54. The molecular formula is C24H33N3O6. The Hall–Kier alpha value is -2.81. The lowest BCUT2D eigenvalue weighted by atomic mass is 9.88. The molecule has 9 nitrogen and oxygen atoms in total. The van der Waals surface area contributed by atoms with E-state index in [4.69, 9.17) is 14.2 Å². The predicted octanol–water partition coefficient (Wildman–Crippen LogP) is 1.71. The number of likely N-dealkylation sites (tertiary alicyclic amines) is 1. The van der Waals surface area contributed by atoms with Crippen molar-refractivity contribution < 1.29 is 28.6 Å². The van der Waals surface area contributed by atoms with Crippen LogP contribution in [0.2, 0.25) is 0 Å². The molecule has 1 unspecified atom stereocenters. The number of amides is 3. The van der Waals surface area contributed by atoms with Crippen molar-refractivity contribution in [1.29, 1.82) is 0 Å². The standard InChI is InChI=1S/C24H33N3O6/c1-31-13-10-25-23(29)21(26-22(28)17-4-2-3-5-17)16-8-11-27(12-9-16)24(30)18-6-7-19-20(14-18)33-15-32-19/h6-7,14,16-17,21H,2-5,8-13,15H2,1H3,(H,25,29)(H,26,28). The third-order valence-electron chi connectivity index (χ3n) is 6.83. The minimum absolute atomic E-state index is 0.00745. The van der Waals surface area contributed by atoms with Crippen LogP contribution in [0.25, 0.3) is 0 Å². The molecule has 0 aromatic heterocycles. The molecule has 1 aromatic carbocycles. The summed E-state index contributed by atoms with van der Waals surface area (Å²) in [5, 5.41) is 5.91. The van der Waals surface area contributed by atoms with Gasteiger partial charge in [-0.3, -0.25) is 14.4 Å². The molecule has 3 amide bonds. The molecule has 0 spiro atoms. The van der Waals surface area contributed by atoms with Gasteiger partial charge in [-0.25, -0.2) is 0 Å². The topological polar surface area (TPSA) is 106 Å². The maximum Gasteiger partial charge on any atom is 0.253 e. The number of rotatable bonds is 8. The maximum atomic E-state index is 13.0. The van der Waals surface area contributed by atoms with Crippen LogP contribution in [0.1, 0.15) is 48.9 Å². The Labute approximate surface area is 194 Å². The number of nitrogens with one attached hydrogen (secondary N) is 2. The summed E-state index contributed by atoms with van der Waals surface area (Å²) in [5.41, 5.74) is 0.557. The summed E-state index contributed by atoms with van der Waals surface area (Å²) in [6.07, 6.45) is 5.16. The van der Waals surface area contributed by atoms with E-state index in [1.807, 2.05) is 0 Å². The van der Waals surface area contributed by atoms with Gasteiger partial charge in [0.25, 0.3) is 5.91 Å². The summed E-state index contributed by atoms with van der Waals surface area (Å²) in [6.45, 7) is 2.03. The smallest absolute Gasteiger partial charge is 0.253 e. The molecule has 0 bridgehead atoms. The van der Waals surface area contributed by atoms with Gasteiger partial charge in [-0.1, -0.05) is 12.8 Å². The normalized spacial score (nSPS) is 19.4. The first kappa shape index (κ1) is 23.4. The second-order valence-corrected chi connectivity index (χ2v) is 8.95. The van der Waals surface area contributed by atoms with Crippen molar-refractivity contribution >= 4 is 17.7 Å². The minimum Gasteiger partial charge on any atom is -0.454 e. The Morgan fingerprint density at radius 2 is 1.82 bits per heavy atom. The number of ether oxygens (including phenoxy) is 3. The van der Waals surface area contributed by atoms with Gasteiger partial charge in [-0.2, -0.15) is 0 Å². The van der Waals surface area contributed by atoms with E-state index in [0.717, 1.165) is 25.7 Å². The first-order chi connectivity index (χ1) is 16.1. The molecule has 2 fully saturated rings. The van der Waals surface area contributed by atoms with Crippen molar-refractivity contribution in [2.24, 2.45) is 11.8 Å². The van der Waals surface area contributed by atoms with Crippen molar-refractivity contribution in [3.05, 3.63) is 23.8 Å². The molecule has 1 atom stereocenters. The van der Waals surface area contributed by atoms with E-state index in [1.165, 1.54) is 0 Å². The number of carbonyl (C=O) groups is 3. The fourth-order valence-electron chi connectivity index (χ4n) is 4.89. The molecular weight excluding hydrogens is 426 g/mol. The maximum absolute atomic E-state index is 13.0. The molecule has 0 radical (unpaired) electrons. The van der Waals surface area contributed by atoms with E-state index in [1.54, 1.807) is 30.2 Å². The molecule has 1 saturated carbocycles. The van der Waals surface area contributed by atoms with Crippen LogP contribution in [-0.4, -0.2) is 68.8 Å². The Morgan fingerprint density at radius 1 is 1.09 bits per heavy atom. The van der Waals surface area contributed by atoms with E-state index < -0.39 is 6.04 Å². The fourth-order valence-corrected chi connectivity index (χ4v) is 4.89. The number of benzene rings is 1. The number of methoxy groups -OCH3 is 1. The summed E-state index contributed by atoms with van der Waals surface area (Å²) in [7, 11) is 1.58. The monoisotopic (exact) mass is 459 g/mol. The molecule has 180 valence electrons. The van der Waals surface area contributed by atoms with Crippen molar-refractivity contribution in [3.63, 3.8) is 0 Å². The Morgan fingerprint density at radius 3 is 2.55 bits per heavy atom. The zero-order chi connectivity index (χ0) is 23.2. The largest absolute Gasteiger partial charge is 0.454 e. The summed E-state index contributed by atoms with van der Waals surface area (Å²) >= 11 is 0. The Balaban J connectivity index is 1.37. The van der Waals surface area contributed by atoms with E-state index in [9.17, 15) is 14.4 Å². The van der Waals surface area contributed by atoms with E-state index in [2.05, 4.69) is 10.6 Å². The molecule has 4 rings (SSSR count). The van der Waals surface area contributed by atoms with Gasteiger partial charge in [0.05, 0.1) is 6.61 Å². The van der Waals surface area contributed by atoms with Crippen LogP contribution in [0.4, 0.5) is 0 Å². The lowest BCUT2D eigenvalue weighted by Crippen LogP contribution is -2.55. The van der Waals surface area contributed by atoms with Crippen LogP contribution in [0.5, 0.6) is 11.5 Å². The number of nitrogens with zero attached hydrogens (tertiary/aromatic N) is 1. The molecule has 3 aliphatic rings. The third kappa shape index (κ3) is 5.58. The van der Waals surface area contributed by atoms with Crippen LogP contribution < -0.4 is 20.1 Å². The highest BCUT2D eigenvalue weighted by atomic mass is 16.7. The third-order valence-corrected chi connectivity index (χ3v) is 6.83. The number of fused-ring (bicyclic) bond motifs is 1. The highest BCUT2D eigenvalue weighted by Gasteiger charge is 2.35. The zero-order valence-corrected chi connectivity index (χ0v) is 19.1. The van der Waals surface area contributed by atoms with Crippen LogP contribution in [-0.2, 0) is 14.3 Å². The molecule has 1 aromatic rings. The van der Waals surface area contributed by atoms with E-state index >= 15 is 0 Å². The number of hydrogen-bond acceptors (Lipinski definition) is 6. The minimum atomic E-state index is -0.599. The Kier molecular flexibility index (Phi) is 7.69. The van der Waals surface area contributed by atoms with Crippen LogP contribution in [0.3, 0.4) is 0 Å². The van der Waals surface area contributed by atoms with Gasteiger partial charge >= 0.3 is 0 Å². The number of carbonyl (C=O) groups excluding carboxylic acids is 3. The molecule has 2 N–H and O–H groups in total. The predicted molar refractivity (Wildman–Crippen MR) is 120 cm³/mol. The molecule has 9 heteroatoms. The van der Waals surface area contributed by atoms with Gasteiger partial charge in [0.1, 0.15) is 6.04 Å². The van der Waals surface area contributed by atoms with Gasteiger partial charge in [0, 0.05) is 38.2 Å². The number of piperidine rings is 1. The SMILES string of the molecule is COCCNC(=O)C(NC(=O)C1CCCC1)C1CCN(C(=O)c2ccc3c(c2)OCO3)CC1. The van der Waals surface area contributed by atoms with Crippen LogP contribution >= 0.6 is 0 Å². The summed E-state index contributed by atoms with van der Waals surface area (Å²) in [4.78, 5) is 40.5. The summed E-state index contributed by atoms with van der Waals surface area (Å²) in [6, 6.07) is 4.61. The van der Waals surface area contributed by atoms with Crippen molar-refractivity contribution in [1.82, 2.24) is 15.5 Å². The van der Waals surface area contributed by atoms with Gasteiger partial charge in [-0.05, 0) is 49.8 Å². The molecule has 1 aliphatic carbocycles. The fraction of sp³-hybridized carbons (Fsp3) is 0.625. The van der Waals surface area contributed by atoms with Crippen molar-refractivity contribution in [3.8, 4) is 11.5 Å². The van der Waals surface area contributed by atoms with Gasteiger partial charge in [0.2, 0.25) is 18.6 Å². The lowest BCUT2D eigenvalue weighted by Gasteiger charge is -2.36. The number of hydrogen-bond donors (Lipinski definition) is 2. The molecule has 33 heavy (non-hydrogen) atoms. The van der Waals surface area contributed by atoms with Crippen molar-refractivity contribution in [2.45, 2.75) is 44.6 Å². The van der Waals surface area contributed by atoms with Crippen LogP contribution in [0.15, 0.2) is 18.2 Å². The quantitative estimate of drug-likeness (QED) is 0.574. The summed E-state index contributed by atoms with van der Waals surface area (Å²) in [5.74, 6) is 0.912. The van der Waals surface area contributed by atoms with Crippen molar-refractivity contribution in [2.75, 3.05) is 40.1 Å². The molecule has 1 saturated heterocycles. The highest BCUT2D eigenvalue weighted by molar-refractivity contribution is 5.95. The van der Waals surface area contributed by atoms with Gasteiger partial charge in [0.15, 0.2) is 11.5 Å². The second-order valence-electron chi connectivity index (χ2n) is 8.95. The Bertz CT molecular complexity index is 862.